The van der Waals surface area contributed by atoms with Crippen LogP contribution in [-0.4, -0.2) is 51.8 Å². The minimum atomic E-state index is -0.828. The molecule has 0 unspecified atom stereocenters. The second kappa shape index (κ2) is 9.12. The molecule has 3 aromatic rings. The lowest BCUT2D eigenvalue weighted by atomic mass is 9.92. The molecule has 168 valence electrons. The Labute approximate surface area is 186 Å². The summed E-state index contributed by atoms with van der Waals surface area (Å²) in [6, 6.07) is 11.5. The Morgan fingerprint density at radius 1 is 1.16 bits per heavy atom. The maximum absolute atomic E-state index is 13.5. The molecule has 2 heterocycles. The average Bonchev–Trinajstić information content (AvgIpc) is 2.75. The van der Waals surface area contributed by atoms with E-state index in [4.69, 9.17) is 14.8 Å². The van der Waals surface area contributed by atoms with Crippen molar-refractivity contribution in [3.63, 3.8) is 0 Å². The number of hydrogen-bond donors (Lipinski definition) is 2. The Hall–Kier alpha value is -3.19. The van der Waals surface area contributed by atoms with Gasteiger partial charge in [-0.1, -0.05) is 26.0 Å². The van der Waals surface area contributed by atoms with E-state index in [0.29, 0.717) is 37.2 Å². The fourth-order valence-corrected chi connectivity index (χ4v) is 4.25. The smallest absolute Gasteiger partial charge is 0.317 e. The van der Waals surface area contributed by atoms with Crippen molar-refractivity contribution in [2.24, 2.45) is 0 Å². The average molecular weight is 438 g/mol. The van der Waals surface area contributed by atoms with Gasteiger partial charge in [0.1, 0.15) is 17.7 Å². The number of phenolic OH excluding ortho intramolecular Hbond substituents is 1. The molecule has 0 atom stereocenters. The van der Waals surface area contributed by atoms with Crippen LogP contribution >= 0.6 is 0 Å². The highest BCUT2D eigenvalue weighted by Gasteiger charge is 2.25. The van der Waals surface area contributed by atoms with Crippen LogP contribution in [-0.2, 0) is 4.79 Å². The number of aliphatic carboxylic acids is 1. The molecule has 1 aliphatic heterocycles. The molecule has 6 nitrogen and oxygen atoms in total. The predicted molar refractivity (Wildman–Crippen MR) is 121 cm³/mol. The first-order valence-corrected chi connectivity index (χ1v) is 10.8. The van der Waals surface area contributed by atoms with Crippen LogP contribution in [0.25, 0.3) is 21.9 Å². The molecular weight excluding hydrogens is 411 g/mol. The van der Waals surface area contributed by atoms with Crippen molar-refractivity contribution in [3.05, 3.63) is 54.0 Å². The first-order chi connectivity index (χ1) is 15.3. The highest BCUT2D eigenvalue weighted by molar-refractivity contribution is 6.01. The molecule has 0 radical (unpaired) electrons. The van der Waals surface area contributed by atoms with Crippen LogP contribution in [0.2, 0.25) is 0 Å². The summed E-state index contributed by atoms with van der Waals surface area (Å²) in [5, 5.41) is 20.7. The minimum absolute atomic E-state index is 0.0334. The standard InChI is InChI=1S/C25H27FN2O4/c1-15(2)24-23(16-3-5-17(26)6-4-16)20-8-7-18(29)13-21(20)25(27-24)32-19-9-11-28(12-10-19)14-22(30)31/h3-8,13,15,19,29H,9-12,14H2,1-2H3,(H,30,31). The third-order valence-corrected chi connectivity index (χ3v) is 5.83. The third-order valence-electron chi connectivity index (χ3n) is 5.83. The zero-order valence-corrected chi connectivity index (χ0v) is 18.2. The van der Waals surface area contributed by atoms with E-state index in [-0.39, 0.29) is 30.1 Å². The topological polar surface area (TPSA) is 82.9 Å². The number of halogens is 1. The van der Waals surface area contributed by atoms with Gasteiger partial charge < -0.3 is 14.9 Å². The number of rotatable bonds is 6. The lowest BCUT2D eigenvalue weighted by Gasteiger charge is -2.31. The molecule has 1 aliphatic rings. The maximum atomic E-state index is 13.5. The molecule has 1 saturated heterocycles. The molecule has 0 aliphatic carbocycles. The van der Waals surface area contributed by atoms with Crippen molar-refractivity contribution in [1.82, 2.24) is 9.88 Å². The van der Waals surface area contributed by atoms with Crippen LogP contribution in [0.5, 0.6) is 11.6 Å². The number of phenols is 1. The van der Waals surface area contributed by atoms with Gasteiger partial charge in [-0.3, -0.25) is 9.69 Å². The Balaban J connectivity index is 1.74. The zero-order chi connectivity index (χ0) is 22.8. The summed E-state index contributed by atoms with van der Waals surface area (Å²) in [4.78, 5) is 17.7. The lowest BCUT2D eigenvalue weighted by Crippen LogP contribution is -2.40. The number of likely N-dealkylation sites (tertiary alicyclic amines) is 1. The van der Waals surface area contributed by atoms with Gasteiger partial charge in [-0.15, -0.1) is 0 Å². The first-order valence-electron chi connectivity index (χ1n) is 10.8. The fraction of sp³-hybridized carbons (Fsp3) is 0.360. The number of carbonyl (C=O) groups is 1. The van der Waals surface area contributed by atoms with Crippen molar-refractivity contribution in [3.8, 4) is 22.8 Å². The Morgan fingerprint density at radius 3 is 2.47 bits per heavy atom. The van der Waals surface area contributed by atoms with E-state index in [9.17, 15) is 14.3 Å². The SMILES string of the molecule is CC(C)c1nc(OC2CCN(CC(=O)O)CC2)c2cc(O)ccc2c1-c1ccc(F)cc1. The summed E-state index contributed by atoms with van der Waals surface area (Å²) in [6.45, 7) is 5.42. The minimum Gasteiger partial charge on any atom is -0.508 e. The van der Waals surface area contributed by atoms with Crippen LogP contribution in [0.15, 0.2) is 42.5 Å². The number of carboxylic acid groups (broad SMARTS) is 1. The maximum Gasteiger partial charge on any atom is 0.317 e. The number of benzene rings is 2. The molecular formula is C25H27FN2O4. The Bertz CT molecular complexity index is 1120. The Kier molecular flexibility index (Phi) is 6.28. The van der Waals surface area contributed by atoms with Gasteiger partial charge in [0.05, 0.1) is 12.2 Å². The lowest BCUT2D eigenvalue weighted by molar-refractivity contribution is -0.138. The third kappa shape index (κ3) is 4.67. The van der Waals surface area contributed by atoms with Gasteiger partial charge in [-0.2, -0.15) is 0 Å². The van der Waals surface area contributed by atoms with Gasteiger partial charge in [0.2, 0.25) is 5.88 Å². The zero-order valence-electron chi connectivity index (χ0n) is 18.2. The van der Waals surface area contributed by atoms with E-state index >= 15 is 0 Å². The van der Waals surface area contributed by atoms with Crippen LogP contribution in [0.1, 0.15) is 38.3 Å². The number of aromatic nitrogens is 1. The van der Waals surface area contributed by atoms with Gasteiger partial charge in [0.15, 0.2) is 0 Å². The molecule has 0 spiro atoms. The molecule has 1 aromatic heterocycles. The molecule has 4 rings (SSSR count). The van der Waals surface area contributed by atoms with Crippen molar-refractivity contribution >= 4 is 16.7 Å². The number of aromatic hydroxyl groups is 1. The quantitative estimate of drug-likeness (QED) is 0.575. The molecule has 0 bridgehead atoms. The first kappa shape index (κ1) is 22.0. The number of piperidine rings is 1. The summed E-state index contributed by atoms with van der Waals surface area (Å²) in [5.74, 6) is -0.465. The molecule has 0 amide bonds. The largest absolute Gasteiger partial charge is 0.508 e. The molecule has 2 N–H and O–H groups in total. The highest BCUT2D eigenvalue weighted by Crippen LogP contribution is 2.40. The number of carboxylic acids is 1. The van der Waals surface area contributed by atoms with E-state index < -0.39 is 5.97 Å². The van der Waals surface area contributed by atoms with Crippen molar-refractivity contribution in [2.45, 2.75) is 38.7 Å². The number of nitrogens with zero attached hydrogens (tertiary/aromatic N) is 2. The second-order valence-corrected chi connectivity index (χ2v) is 8.56. The Morgan fingerprint density at radius 2 is 1.84 bits per heavy atom. The van der Waals surface area contributed by atoms with Crippen LogP contribution in [0.3, 0.4) is 0 Å². The van der Waals surface area contributed by atoms with E-state index in [1.54, 1.807) is 24.3 Å². The summed E-state index contributed by atoms with van der Waals surface area (Å²) >= 11 is 0. The van der Waals surface area contributed by atoms with Gasteiger partial charge >= 0.3 is 5.97 Å². The summed E-state index contributed by atoms with van der Waals surface area (Å²) in [6.07, 6.45) is 1.31. The van der Waals surface area contributed by atoms with E-state index in [1.807, 2.05) is 11.0 Å². The predicted octanol–water partition coefficient (Wildman–Crippen LogP) is 4.80. The normalized spacial score (nSPS) is 15.4. The highest BCUT2D eigenvalue weighted by atomic mass is 19.1. The van der Waals surface area contributed by atoms with E-state index in [0.717, 1.165) is 22.2 Å². The summed E-state index contributed by atoms with van der Waals surface area (Å²) in [7, 11) is 0. The second-order valence-electron chi connectivity index (χ2n) is 8.56. The van der Waals surface area contributed by atoms with Crippen molar-refractivity contribution in [2.75, 3.05) is 19.6 Å². The van der Waals surface area contributed by atoms with Gasteiger partial charge in [0.25, 0.3) is 0 Å². The van der Waals surface area contributed by atoms with Crippen LogP contribution in [0, 0.1) is 5.82 Å². The summed E-state index contributed by atoms with van der Waals surface area (Å²) in [5.41, 5.74) is 2.60. The van der Waals surface area contributed by atoms with Gasteiger partial charge in [0, 0.05) is 24.0 Å². The van der Waals surface area contributed by atoms with Gasteiger partial charge in [-0.25, -0.2) is 9.37 Å². The van der Waals surface area contributed by atoms with Crippen LogP contribution < -0.4 is 4.74 Å². The monoisotopic (exact) mass is 438 g/mol. The molecule has 7 heteroatoms. The van der Waals surface area contributed by atoms with Gasteiger partial charge in [-0.05, 0) is 60.0 Å². The number of pyridine rings is 1. The fourth-order valence-electron chi connectivity index (χ4n) is 4.25. The summed E-state index contributed by atoms with van der Waals surface area (Å²) < 4.78 is 19.9. The van der Waals surface area contributed by atoms with Crippen molar-refractivity contribution in [1.29, 1.82) is 0 Å². The number of ether oxygens (including phenoxy) is 1. The van der Waals surface area contributed by atoms with Crippen LogP contribution in [0.4, 0.5) is 4.39 Å². The molecule has 32 heavy (non-hydrogen) atoms. The molecule has 0 saturated carbocycles. The number of hydrogen-bond acceptors (Lipinski definition) is 5. The molecule has 1 fully saturated rings. The molecule has 2 aromatic carbocycles. The van der Waals surface area contributed by atoms with E-state index in [2.05, 4.69) is 13.8 Å². The van der Waals surface area contributed by atoms with E-state index in [1.165, 1.54) is 12.1 Å². The van der Waals surface area contributed by atoms with Crippen molar-refractivity contribution < 1.29 is 24.1 Å². The number of fused-ring (bicyclic) bond motifs is 1.